The number of carbonyl (C=O) groups excluding carboxylic acids is 1. The molecule has 82 valence electrons. The zero-order valence-corrected chi connectivity index (χ0v) is 10.9. The van der Waals surface area contributed by atoms with E-state index in [1.807, 2.05) is 6.92 Å². The predicted octanol–water partition coefficient (Wildman–Crippen LogP) is 3.66. The minimum Gasteiger partial charge on any atom is -0.493 e. The zero-order valence-electron chi connectivity index (χ0n) is 8.59. The first-order chi connectivity index (χ1) is 7.06. The molecule has 0 radical (unpaired) electrons. The molecule has 0 heterocycles. The number of Topliss-reactive ketones (excluding diaryl/α,β-unsaturated/α-hetero) is 1. The van der Waals surface area contributed by atoms with Gasteiger partial charge in [-0.05, 0) is 48.0 Å². The minimum atomic E-state index is -0.505. The first-order valence-corrected chi connectivity index (χ1v) is 5.89. The maximum absolute atomic E-state index is 11.6. The second-order valence-electron chi connectivity index (χ2n) is 3.06. The lowest BCUT2D eigenvalue weighted by Gasteiger charge is -2.08. The lowest BCUT2D eigenvalue weighted by atomic mass is 10.1. The highest BCUT2D eigenvalue weighted by Crippen LogP contribution is 2.26. The SMILES string of the molecule is CCOc1ccc(C(=O)C(C)Cl)cc1Br. The Balaban J connectivity index is 2.96. The number of ether oxygens (including phenoxy) is 1. The van der Waals surface area contributed by atoms with Crippen molar-refractivity contribution in [2.45, 2.75) is 19.2 Å². The van der Waals surface area contributed by atoms with Gasteiger partial charge in [-0.25, -0.2) is 0 Å². The number of alkyl halides is 1. The molecule has 1 aromatic carbocycles. The number of ketones is 1. The lowest BCUT2D eigenvalue weighted by molar-refractivity contribution is 0.0991. The largest absolute Gasteiger partial charge is 0.493 e. The summed E-state index contributed by atoms with van der Waals surface area (Å²) in [5.41, 5.74) is 0.591. The molecule has 0 aromatic heterocycles. The third-order valence-corrected chi connectivity index (χ3v) is 2.70. The third kappa shape index (κ3) is 3.21. The molecule has 1 unspecified atom stereocenters. The van der Waals surface area contributed by atoms with Crippen LogP contribution < -0.4 is 4.74 Å². The Bertz CT molecular complexity index is 364. The van der Waals surface area contributed by atoms with E-state index in [9.17, 15) is 4.79 Å². The van der Waals surface area contributed by atoms with Crippen LogP contribution in [0.3, 0.4) is 0 Å². The van der Waals surface area contributed by atoms with Crippen LogP contribution in [0.15, 0.2) is 22.7 Å². The van der Waals surface area contributed by atoms with Crippen molar-refractivity contribution in [1.82, 2.24) is 0 Å². The summed E-state index contributed by atoms with van der Waals surface area (Å²) in [7, 11) is 0. The van der Waals surface area contributed by atoms with Gasteiger partial charge in [-0.3, -0.25) is 4.79 Å². The van der Waals surface area contributed by atoms with Crippen LogP contribution in [0.25, 0.3) is 0 Å². The van der Waals surface area contributed by atoms with Gasteiger partial charge in [0.2, 0.25) is 0 Å². The Morgan fingerprint density at radius 2 is 2.27 bits per heavy atom. The Labute approximate surface area is 103 Å². The molecule has 0 amide bonds. The van der Waals surface area contributed by atoms with Crippen molar-refractivity contribution in [3.8, 4) is 5.75 Å². The Morgan fingerprint density at radius 1 is 1.60 bits per heavy atom. The Morgan fingerprint density at radius 3 is 2.73 bits per heavy atom. The molecule has 0 spiro atoms. The first kappa shape index (κ1) is 12.5. The summed E-state index contributed by atoms with van der Waals surface area (Å²) >= 11 is 9.07. The van der Waals surface area contributed by atoms with Crippen molar-refractivity contribution in [2.75, 3.05) is 6.61 Å². The zero-order chi connectivity index (χ0) is 11.4. The summed E-state index contributed by atoms with van der Waals surface area (Å²) in [5, 5.41) is -0.505. The summed E-state index contributed by atoms with van der Waals surface area (Å²) in [6.45, 7) is 4.17. The Kier molecular flexibility index (Phi) is 4.61. The number of hydrogen-bond donors (Lipinski definition) is 0. The van der Waals surface area contributed by atoms with Crippen LogP contribution >= 0.6 is 27.5 Å². The summed E-state index contributed by atoms with van der Waals surface area (Å²) in [5.74, 6) is 0.650. The van der Waals surface area contributed by atoms with Crippen LogP contribution in [0, 0.1) is 0 Å². The van der Waals surface area contributed by atoms with E-state index in [1.54, 1.807) is 25.1 Å². The number of hydrogen-bond acceptors (Lipinski definition) is 2. The lowest BCUT2D eigenvalue weighted by Crippen LogP contribution is -2.10. The van der Waals surface area contributed by atoms with Crippen molar-refractivity contribution >= 4 is 33.3 Å². The van der Waals surface area contributed by atoms with Crippen molar-refractivity contribution in [2.24, 2.45) is 0 Å². The highest BCUT2D eigenvalue weighted by Gasteiger charge is 2.13. The molecule has 0 saturated heterocycles. The standard InChI is InChI=1S/C11H12BrClO2/c1-3-15-10-5-4-8(6-9(10)12)11(14)7(2)13/h4-7H,3H2,1-2H3. The van der Waals surface area contributed by atoms with Crippen molar-refractivity contribution in [3.05, 3.63) is 28.2 Å². The van der Waals surface area contributed by atoms with E-state index in [0.29, 0.717) is 12.2 Å². The monoisotopic (exact) mass is 290 g/mol. The van der Waals surface area contributed by atoms with Crippen LogP contribution in [0.5, 0.6) is 5.75 Å². The van der Waals surface area contributed by atoms with E-state index in [2.05, 4.69) is 15.9 Å². The van der Waals surface area contributed by atoms with E-state index in [1.165, 1.54) is 0 Å². The number of benzene rings is 1. The van der Waals surface area contributed by atoms with Crippen LogP contribution in [0.1, 0.15) is 24.2 Å². The molecule has 1 atom stereocenters. The molecule has 0 N–H and O–H groups in total. The summed E-state index contributed by atoms with van der Waals surface area (Å²) in [4.78, 5) is 11.6. The predicted molar refractivity (Wildman–Crippen MR) is 65.0 cm³/mol. The van der Waals surface area contributed by atoms with Gasteiger partial charge in [0, 0.05) is 5.56 Å². The average Bonchev–Trinajstić information content (AvgIpc) is 2.20. The van der Waals surface area contributed by atoms with E-state index in [0.717, 1.165) is 10.2 Å². The van der Waals surface area contributed by atoms with Gasteiger partial charge in [0.15, 0.2) is 5.78 Å². The fourth-order valence-electron chi connectivity index (χ4n) is 1.16. The molecule has 1 aromatic rings. The van der Waals surface area contributed by atoms with Gasteiger partial charge in [-0.1, -0.05) is 0 Å². The van der Waals surface area contributed by atoms with E-state index in [4.69, 9.17) is 16.3 Å². The van der Waals surface area contributed by atoms with Crippen molar-refractivity contribution in [1.29, 1.82) is 0 Å². The van der Waals surface area contributed by atoms with Crippen LogP contribution in [0.4, 0.5) is 0 Å². The molecule has 0 fully saturated rings. The maximum Gasteiger partial charge on any atom is 0.180 e. The molecule has 0 aliphatic carbocycles. The molecule has 4 heteroatoms. The minimum absolute atomic E-state index is 0.0829. The van der Waals surface area contributed by atoms with Gasteiger partial charge in [0.25, 0.3) is 0 Å². The van der Waals surface area contributed by atoms with Gasteiger partial charge < -0.3 is 4.74 Å². The number of rotatable bonds is 4. The topological polar surface area (TPSA) is 26.3 Å². The summed E-state index contributed by atoms with van der Waals surface area (Å²) in [6, 6.07) is 5.21. The normalized spacial score (nSPS) is 12.3. The van der Waals surface area contributed by atoms with Crippen LogP contribution in [-0.2, 0) is 0 Å². The Hall–Kier alpha value is -0.540. The van der Waals surface area contributed by atoms with Crippen molar-refractivity contribution in [3.63, 3.8) is 0 Å². The van der Waals surface area contributed by atoms with E-state index < -0.39 is 5.38 Å². The average molecular weight is 292 g/mol. The molecule has 0 aliphatic rings. The second-order valence-corrected chi connectivity index (χ2v) is 4.57. The fourth-order valence-corrected chi connectivity index (χ4v) is 1.78. The molecular formula is C11H12BrClO2. The van der Waals surface area contributed by atoms with Gasteiger partial charge >= 0.3 is 0 Å². The second kappa shape index (κ2) is 5.52. The molecule has 2 nitrogen and oxygen atoms in total. The van der Waals surface area contributed by atoms with Gasteiger partial charge in [-0.15, -0.1) is 11.6 Å². The highest BCUT2D eigenvalue weighted by atomic mass is 79.9. The maximum atomic E-state index is 11.6. The smallest absolute Gasteiger partial charge is 0.180 e. The molecule has 0 saturated carbocycles. The molecule has 0 bridgehead atoms. The third-order valence-electron chi connectivity index (χ3n) is 1.88. The molecule has 1 rings (SSSR count). The van der Waals surface area contributed by atoms with E-state index in [-0.39, 0.29) is 5.78 Å². The number of halogens is 2. The first-order valence-electron chi connectivity index (χ1n) is 4.67. The van der Waals surface area contributed by atoms with Crippen molar-refractivity contribution < 1.29 is 9.53 Å². The highest BCUT2D eigenvalue weighted by molar-refractivity contribution is 9.10. The fraction of sp³-hybridized carbons (Fsp3) is 0.364. The quantitative estimate of drug-likeness (QED) is 0.625. The summed E-state index contributed by atoms with van der Waals surface area (Å²) in [6.07, 6.45) is 0. The molecule has 0 aliphatic heterocycles. The van der Waals surface area contributed by atoms with Crippen LogP contribution in [-0.4, -0.2) is 17.8 Å². The van der Waals surface area contributed by atoms with Gasteiger partial charge in [0.05, 0.1) is 16.5 Å². The number of carbonyl (C=O) groups is 1. The molecule has 15 heavy (non-hydrogen) atoms. The van der Waals surface area contributed by atoms with E-state index >= 15 is 0 Å². The van der Waals surface area contributed by atoms with Gasteiger partial charge in [0.1, 0.15) is 5.75 Å². The van der Waals surface area contributed by atoms with Gasteiger partial charge in [-0.2, -0.15) is 0 Å². The molecular weight excluding hydrogens is 279 g/mol. The van der Waals surface area contributed by atoms with Crippen LogP contribution in [0.2, 0.25) is 0 Å². The summed E-state index contributed by atoms with van der Waals surface area (Å²) < 4.78 is 6.11.